The van der Waals surface area contributed by atoms with Gasteiger partial charge in [0.15, 0.2) is 5.76 Å². The number of phenols is 1. The summed E-state index contributed by atoms with van der Waals surface area (Å²) in [6.07, 6.45) is 3.96. The Kier molecular flexibility index (Phi) is 5.17. The Hall–Kier alpha value is -2.30. The summed E-state index contributed by atoms with van der Waals surface area (Å²) in [6, 6.07) is 9.00. The molecule has 2 heterocycles. The van der Waals surface area contributed by atoms with E-state index in [0.717, 1.165) is 43.0 Å². The van der Waals surface area contributed by atoms with Crippen molar-refractivity contribution in [2.75, 3.05) is 13.1 Å². The van der Waals surface area contributed by atoms with Crippen molar-refractivity contribution in [3.63, 3.8) is 0 Å². The molecule has 5 heteroatoms. The highest BCUT2D eigenvalue weighted by atomic mass is 35.5. The van der Waals surface area contributed by atoms with Gasteiger partial charge in [-0.15, -0.1) is 0 Å². The molecule has 0 amide bonds. The number of halogens is 1. The Morgan fingerprint density at radius 1 is 1.29 bits per heavy atom. The van der Waals surface area contributed by atoms with E-state index in [9.17, 15) is 9.90 Å². The molecule has 0 unspecified atom stereocenters. The van der Waals surface area contributed by atoms with Crippen LogP contribution in [-0.4, -0.2) is 28.9 Å². The summed E-state index contributed by atoms with van der Waals surface area (Å²) < 4.78 is 6.00. The summed E-state index contributed by atoms with van der Waals surface area (Å²) in [5.41, 5.74) is 2.67. The summed E-state index contributed by atoms with van der Waals surface area (Å²) in [5.74, 6) is 1.48. The molecule has 0 spiro atoms. The number of piperidine rings is 1. The number of nitrogens with zero attached hydrogens (tertiary/aromatic N) is 1. The lowest BCUT2D eigenvalue weighted by Gasteiger charge is -2.30. The predicted molar refractivity (Wildman–Crippen MR) is 111 cm³/mol. The van der Waals surface area contributed by atoms with E-state index >= 15 is 0 Å². The van der Waals surface area contributed by atoms with Crippen molar-refractivity contribution < 1.29 is 14.6 Å². The number of rotatable bonds is 3. The molecule has 0 aromatic heterocycles. The van der Waals surface area contributed by atoms with Crippen molar-refractivity contribution >= 4 is 23.5 Å². The molecule has 0 aliphatic carbocycles. The average molecular weight is 398 g/mol. The first kappa shape index (κ1) is 19.0. The molecule has 1 fully saturated rings. The third kappa shape index (κ3) is 3.54. The SMILES string of the molecule is Cc1cc(O)c(CN2CCC(C)CC2)c2c1C(=O)/C(=C/c1ccccc1Cl)O2. The maximum Gasteiger partial charge on any atom is 0.232 e. The standard InChI is InChI=1S/C23H24ClNO3/c1-14-7-9-25(10-8-14)13-17-19(26)11-15(2)21-22(27)20(28-23(17)21)12-16-5-3-4-6-18(16)24/h3-6,11-12,14,26H,7-10,13H2,1-2H3/b20-12-. The van der Waals surface area contributed by atoms with Crippen LogP contribution in [0.3, 0.4) is 0 Å². The number of carbonyl (C=O) groups is 1. The van der Waals surface area contributed by atoms with E-state index in [1.54, 1.807) is 18.2 Å². The number of phenolic OH excluding ortho intramolecular Hbond substituents is 1. The number of carbonyl (C=O) groups excluding carboxylic acids is 1. The van der Waals surface area contributed by atoms with Gasteiger partial charge < -0.3 is 9.84 Å². The zero-order valence-electron chi connectivity index (χ0n) is 16.2. The number of likely N-dealkylation sites (tertiary alicyclic amines) is 1. The van der Waals surface area contributed by atoms with Crippen LogP contribution in [0.1, 0.15) is 46.8 Å². The minimum Gasteiger partial charge on any atom is -0.507 e. The topological polar surface area (TPSA) is 49.8 Å². The molecule has 1 N–H and O–H groups in total. The fourth-order valence-electron chi connectivity index (χ4n) is 3.91. The summed E-state index contributed by atoms with van der Waals surface area (Å²) in [6.45, 7) is 6.64. The summed E-state index contributed by atoms with van der Waals surface area (Å²) in [5, 5.41) is 11.1. The number of benzene rings is 2. The smallest absolute Gasteiger partial charge is 0.232 e. The third-order valence-corrected chi connectivity index (χ3v) is 6.01. The second kappa shape index (κ2) is 7.61. The van der Waals surface area contributed by atoms with Gasteiger partial charge in [0.2, 0.25) is 5.78 Å². The van der Waals surface area contributed by atoms with Crippen molar-refractivity contribution in [3.05, 3.63) is 63.4 Å². The Balaban J connectivity index is 1.69. The Morgan fingerprint density at radius 3 is 2.71 bits per heavy atom. The molecule has 0 radical (unpaired) electrons. The van der Waals surface area contributed by atoms with Crippen LogP contribution >= 0.6 is 11.6 Å². The Labute approximate surface area is 170 Å². The Morgan fingerprint density at radius 2 is 2.00 bits per heavy atom. The molecule has 2 aromatic rings. The number of allylic oxidation sites excluding steroid dienone is 1. The van der Waals surface area contributed by atoms with Crippen LogP contribution < -0.4 is 4.74 Å². The van der Waals surface area contributed by atoms with Gasteiger partial charge in [-0.3, -0.25) is 9.69 Å². The Bertz CT molecular complexity index is 959. The van der Waals surface area contributed by atoms with E-state index in [1.807, 2.05) is 25.1 Å². The van der Waals surface area contributed by atoms with Crippen molar-refractivity contribution in [2.24, 2.45) is 5.92 Å². The molecule has 28 heavy (non-hydrogen) atoms. The maximum atomic E-state index is 13.0. The van der Waals surface area contributed by atoms with Crippen LogP contribution in [0.2, 0.25) is 5.02 Å². The molecular formula is C23H24ClNO3. The highest BCUT2D eigenvalue weighted by Crippen LogP contribution is 2.42. The van der Waals surface area contributed by atoms with Gasteiger partial charge in [0.25, 0.3) is 0 Å². The number of hydrogen-bond acceptors (Lipinski definition) is 4. The normalized spacial score (nSPS) is 19.1. The van der Waals surface area contributed by atoms with E-state index in [0.29, 0.717) is 28.4 Å². The third-order valence-electron chi connectivity index (χ3n) is 5.67. The summed E-state index contributed by atoms with van der Waals surface area (Å²) in [7, 11) is 0. The number of aromatic hydroxyl groups is 1. The number of hydrogen-bond donors (Lipinski definition) is 1. The first-order chi connectivity index (χ1) is 13.4. The lowest BCUT2D eigenvalue weighted by Crippen LogP contribution is -2.32. The van der Waals surface area contributed by atoms with Gasteiger partial charge in [-0.05, 0) is 68.1 Å². The number of ketones is 1. The van der Waals surface area contributed by atoms with E-state index in [4.69, 9.17) is 16.3 Å². The predicted octanol–water partition coefficient (Wildman–Crippen LogP) is 5.20. The number of Topliss-reactive ketones (excluding diaryl/α,β-unsaturated/α-hetero) is 1. The summed E-state index contributed by atoms with van der Waals surface area (Å²) in [4.78, 5) is 15.3. The number of fused-ring (bicyclic) bond motifs is 1. The quantitative estimate of drug-likeness (QED) is 0.723. The number of ether oxygens (including phenoxy) is 1. The molecule has 1 saturated heterocycles. The minimum absolute atomic E-state index is 0.166. The fraction of sp³-hybridized carbons (Fsp3) is 0.348. The van der Waals surface area contributed by atoms with Crippen LogP contribution in [0.5, 0.6) is 11.5 Å². The van der Waals surface area contributed by atoms with E-state index in [-0.39, 0.29) is 17.3 Å². The van der Waals surface area contributed by atoms with Gasteiger partial charge in [0.05, 0.1) is 11.1 Å². The van der Waals surface area contributed by atoms with Crippen molar-refractivity contribution in [1.82, 2.24) is 4.90 Å². The average Bonchev–Trinajstić information content (AvgIpc) is 2.99. The van der Waals surface area contributed by atoms with Crippen LogP contribution in [-0.2, 0) is 6.54 Å². The minimum atomic E-state index is -0.166. The van der Waals surface area contributed by atoms with Gasteiger partial charge in [-0.1, -0.05) is 36.7 Å². The molecule has 2 aliphatic rings. The molecule has 4 rings (SSSR count). The molecule has 146 valence electrons. The van der Waals surface area contributed by atoms with Gasteiger partial charge in [0, 0.05) is 11.6 Å². The van der Waals surface area contributed by atoms with Crippen molar-refractivity contribution in [1.29, 1.82) is 0 Å². The van der Waals surface area contributed by atoms with E-state index in [1.165, 1.54) is 0 Å². The van der Waals surface area contributed by atoms with E-state index in [2.05, 4.69) is 11.8 Å². The van der Waals surface area contributed by atoms with Crippen molar-refractivity contribution in [2.45, 2.75) is 33.2 Å². The van der Waals surface area contributed by atoms with Crippen molar-refractivity contribution in [3.8, 4) is 11.5 Å². The molecule has 0 atom stereocenters. The van der Waals surface area contributed by atoms with Gasteiger partial charge in [0.1, 0.15) is 11.5 Å². The summed E-state index contributed by atoms with van der Waals surface area (Å²) >= 11 is 6.23. The van der Waals surface area contributed by atoms with Crippen LogP contribution in [0.25, 0.3) is 6.08 Å². The largest absolute Gasteiger partial charge is 0.507 e. The highest BCUT2D eigenvalue weighted by Gasteiger charge is 2.34. The lowest BCUT2D eigenvalue weighted by atomic mass is 9.96. The number of aryl methyl sites for hydroxylation is 1. The fourth-order valence-corrected chi connectivity index (χ4v) is 4.10. The van der Waals surface area contributed by atoms with Gasteiger partial charge >= 0.3 is 0 Å². The van der Waals surface area contributed by atoms with Gasteiger partial charge in [-0.25, -0.2) is 0 Å². The maximum absolute atomic E-state index is 13.0. The van der Waals surface area contributed by atoms with Crippen LogP contribution in [0.4, 0.5) is 0 Å². The first-order valence-electron chi connectivity index (χ1n) is 9.70. The molecule has 2 aromatic carbocycles. The molecule has 0 bridgehead atoms. The second-order valence-electron chi connectivity index (χ2n) is 7.82. The lowest BCUT2D eigenvalue weighted by molar-refractivity contribution is 0.101. The zero-order valence-corrected chi connectivity index (χ0v) is 16.9. The van der Waals surface area contributed by atoms with Gasteiger partial charge in [-0.2, -0.15) is 0 Å². The zero-order chi connectivity index (χ0) is 19.8. The highest BCUT2D eigenvalue weighted by molar-refractivity contribution is 6.32. The monoisotopic (exact) mass is 397 g/mol. The molecular weight excluding hydrogens is 374 g/mol. The van der Waals surface area contributed by atoms with E-state index < -0.39 is 0 Å². The van der Waals surface area contributed by atoms with Crippen LogP contribution in [0, 0.1) is 12.8 Å². The van der Waals surface area contributed by atoms with Crippen LogP contribution in [0.15, 0.2) is 36.1 Å². The molecule has 4 nitrogen and oxygen atoms in total. The molecule has 0 saturated carbocycles. The molecule has 2 aliphatic heterocycles. The second-order valence-corrected chi connectivity index (χ2v) is 8.22. The first-order valence-corrected chi connectivity index (χ1v) is 10.1.